The molecule has 7 atom stereocenters. The molecule has 0 aromatic carbocycles. The summed E-state index contributed by atoms with van der Waals surface area (Å²) in [5.41, 5.74) is 1.09. The minimum Gasteiger partial charge on any atom is -0.458 e. The lowest BCUT2D eigenvalue weighted by Crippen LogP contribution is -2.45. The van der Waals surface area contributed by atoms with Crippen molar-refractivity contribution in [2.24, 2.45) is 17.3 Å². The summed E-state index contributed by atoms with van der Waals surface area (Å²) >= 11 is 1.53. The van der Waals surface area contributed by atoms with Crippen LogP contribution in [-0.2, 0) is 19.1 Å². The van der Waals surface area contributed by atoms with Crippen molar-refractivity contribution in [2.45, 2.75) is 98.2 Å². The summed E-state index contributed by atoms with van der Waals surface area (Å²) < 4.78 is 12.0. The molecule has 3 heterocycles. The minimum atomic E-state index is -1.21. The lowest BCUT2D eigenvalue weighted by Gasteiger charge is -2.34. The van der Waals surface area contributed by atoms with E-state index in [9.17, 15) is 19.8 Å². The quantitative estimate of drug-likeness (QED) is 0.457. The zero-order valence-electron chi connectivity index (χ0n) is 21.8. The number of aliphatic hydroxyl groups is 2. The molecule has 0 aliphatic carbocycles. The predicted molar refractivity (Wildman–Crippen MR) is 136 cm³/mol. The molecule has 1 aromatic rings. The highest BCUT2D eigenvalue weighted by Crippen LogP contribution is 2.38. The van der Waals surface area contributed by atoms with Crippen LogP contribution in [0.4, 0.5) is 0 Å². The van der Waals surface area contributed by atoms with Gasteiger partial charge in [0, 0.05) is 17.7 Å². The first kappa shape index (κ1) is 27.7. The second kappa shape index (κ2) is 11.0. The van der Waals surface area contributed by atoms with Crippen LogP contribution in [0, 0.1) is 24.2 Å². The van der Waals surface area contributed by atoms with Crippen molar-refractivity contribution in [1.29, 1.82) is 0 Å². The molecule has 2 bridgehead atoms. The van der Waals surface area contributed by atoms with Gasteiger partial charge in [0.25, 0.3) is 0 Å². The number of Topliss-reactive ketones (excluding diaryl/α,β-unsaturated/α-hetero) is 1. The Kier molecular flexibility index (Phi) is 8.73. The molecule has 0 amide bonds. The van der Waals surface area contributed by atoms with Crippen LogP contribution in [0.5, 0.6) is 0 Å². The van der Waals surface area contributed by atoms with Gasteiger partial charge in [-0.05, 0) is 50.3 Å². The lowest BCUT2D eigenvalue weighted by molar-refractivity contribution is -0.155. The van der Waals surface area contributed by atoms with Gasteiger partial charge in [-0.25, -0.2) is 4.98 Å². The molecule has 35 heavy (non-hydrogen) atoms. The number of ether oxygens (including phenoxy) is 2. The first-order chi connectivity index (χ1) is 16.3. The first-order valence-electron chi connectivity index (χ1n) is 12.3. The van der Waals surface area contributed by atoms with E-state index in [0.717, 1.165) is 28.3 Å². The fraction of sp³-hybridized carbons (Fsp3) is 0.667. The second-order valence-corrected chi connectivity index (χ2v) is 11.8. The number of rotatable bonds is 2. The number of hydrogen-bond donors (Lipinski definition) is 2. The molecule has 2 aliphatic rings. The average Bonchev–Trinajstić information content (AvgIpc) is 3.35. The monoisotopic (exact) mass is 505 g/mol. The number of ketones is 1. The normalized spacial score (nSPS) is 36.7. The third-order valence-corrected chi connectivity index (χ3v) is 8.23. The van der Waals surface area contributed by atoms with Gasteiger partial charge < -0.3 is 19.7 Å². The van der Waals surface area contributed by atoms with Crippen molar-refractivity contribution < 1.29 is 29.3 Å². The number of fused-ring (bicyclic) bond motifs is 2. The fourth-order valence-electron chi connectivity index (χ4n) is 5.02. The van der Waals surface area contributed by atoms with Gasteiger partial charge in [0.2, 0.25) is 0 Å². The van der Waals surface area contributed by atoms with E-state index in [4.69, 9.17) is 9.47 Å². The average molecular weight is 506 g/mol. The minimum absolute atomic E-state index is 0.141. The van der Waals surface area contributed by atoms with E-state index < -0.39 is 35.6 Å². The number of carbonyl (C=O) groups excluding carboxylic acids is 2. The largest absolute Gasteiger partial charge is 0.458 e. The zero-order chi connectivity index (χ0) is 26.1. The molecular weight excluding hydrogens is 466 g/mol. The molecule has 1 aromatic heterocycles. The van der Waals surface area contributed by atoms with Crippen molar-refractivity contribution in [2.75, 3.05) is 0 Å². The molecule has 0 spiro atoms. The van der Waals surface area contributed by atoms with Crippen LogP contribution in [0.1, 0.15) is 71.5 Å². The molecule has 2 unspecified atom stereocenters. The van der Waals surface area contributed by atoms with Gasteiger partial charge in [-0.2, -0.15) is 0 Å². The third kappa shape index (κ3) is 6.47. The molecule has 0 saturated carbocycles. The number of aliphatic hydroxyl groups excluding tert-OH is 2. The second-order valence-electron chi connectivity index (χ2n) is 10.8. The number of thiazole rings is 1. The van der Waals surface area contributed by atoms with E-state index in [0.29, 0.717) is 0 Å². The third-order valence-electron chi connectivity index (χ3n) is 7.44. The van der Waals surface area contributed by atoms with Crippen molar-refractivity contribution in [3.05, 3.63) is 33.3 Å². The Morgan fingerprint density at radius 2 is 1.89 bits per heavy atom. The van der Waals surface area contributed by atoms with Crippen LogP contribution in [0.15, 0.2) is 22.6 Å². The van der Waals surface area contributed by atoms with E-state index in [1.165, 1.54) is 11.3 Å². The van der Waals surface area contributed by atoms with Crippen LogP contribution in [0.25, 0.3) is 6.08 Å². The molecule has 194 valence electrons. The highest BCUT2D eigenvalue weighted by molar-refractivity contribution is 7.09. The summed E-state index contributed by atoms with van der Waals surface area (Å²) in [6.07, 6.45) is 1.07. The maximum atomic E-state index is 13.4. The van der Waals surface area contributed by atoms with E-state index in [1.54, 1.807) is 13.8 Å². The van der Waals surface area contributed by atoms with Gasteiger partial charge in [-0.1, -0.05) is 33.8 Å². The van der Waals surface area contributed by atoms with Gasteiger partial charge in [-0.3, -0.25) is 9.59 Å². The Hall–Kier alpha value is -1.87. The Balaban J connectivity index is 1.95. The summed E-state index contributed by atoms with van der Waals surface area (Å²) in [6, 6.07) is 0. The van der Waals surface area contributed by atoms with E-state index in [2.05, 4.69) is 11.9 Å². The smallest absolute Gasteiger partial charge is 0.309 e. The number of cyclic esters (lactones) is 1. The van der Waals surface area contributed by atoms with Gasteiger partial charge >= 0.3 is 5.97 Å². The van der Waals surface area contributed by atoms with E-state index in [-0.39, 0.29) is 36.8 Å². The molecule has 0 radical (unpaired) electrons. The number of nitrogens with zero attached hydrogens (tertiary/aromatic N) is 1. The van der Waals surface area contributed by atoms with Crippen LogP contribution in [0.2, 0.25) is 0 Å². The highest BCUT2D eigenvalue weighted by Gasteiger charge is 2.45. The maximum Gasteiger partial charge on any atom is 0.309 e. The fourth-order valence-corrected chi connectivity index (χ4v) is 5.59. The molecule has 3 rings (SSSR count). The van der Waals surface area contributed by atoms with Gasteiger partial charge in [0.15, 0.2) is 0 Å². The Morgan fingerprint density at radius 1 is 1.20 bits per heavy atom. The summed E-state index contributed by atoms with van der Waals surface area (Å²) in [4.78, 5) is 30.7. The number of aryl methyl sites for hydroxylation is 1. The Bertz CT molecular complexity index is 996. The Labute approximate surface area is 212 Å². The maximum absolute atomic E-state index is 13.4. The van der Waals surface area contributed by atoms with Crippen molar-refractivity contribution in [3.8, 4) is 0 Å². The standard InChI is InChI=1S/C27H39NO6S/c1-14-9-20-10-16(3)25(33-20)17(4)26(32)27(6,7)23(30)12-24(31)34-22(11-21(14)29)15(2)8-19-13-35-18(5)28-19/h8-9,13,16-17,20-23,25,29-30H,10-12H2,1-7H3/b14-9+,15-8+/t16-,17+,20+,21?,22?,23-,25-/m0/s1. The van der Waals surface area contributed by atoms with Crippen molar-refractivity contribution in [3.63, 3.8) is 0 Å². The van der Waals surface area contributed by atoms with E-state index >= 15 is 0 Å². The molecule has 2 N–H and O–H groups in total. The molecule has 7 nitrogen and oxygen atoms in total. The number of carbonyl (C=O) groups is 2. The van der Waals surface area contributed by atoms with Gasteiger partial charge in [0.05, 0.1) is 47.0 Å². The summed E-state index contributed by atoms with van der Waals surface area (Å²) in [6.45, 7) is 12.8. The van der Waals surface area contributed by atoms with Crippen LogP contribution < -0.4 is 0 Å². The van der Waals surface area contributed by atoms with Gasteiger partial charge in [-0.15, -0.1) is 11.3 Å². The molecule has 1 fully saturated rings. The summed E-state index contributed by atoms with van der Waals surface area (Å²) in [7, 11) is 0. The van der Waals surface area contributed by atoms with Gasteiger partial charge in [0.1, 0.15) is 11.9 Å². The number of aromatic nitrogens is 1. The summed E-state index contributed by atoms with van der Waals surface area (Å²) in [5, 5.41) is 24.7. The van der Waals surface area contributed by atoms with E-state index in [1.807, 2.05) is 45.2 Å². The first-order valence-corrected chi connectivity index (χ1v) is 13.2. The van der Waals surface area contributed by atoms with Crippen LogP contribution >= 0.6 is 11.3 Å². The number of esters is 1. The SMILES string of the molecule is C/C1=C\[C@@H]2C[C@H](C)[C@H](O2)[C@@H](C)C(=O)C(C)(C)[C@@H](O)CC(=O)OC(/C(C)=C/c2csc(C)n2)CC1O. The zero-order valence-corrected chi connectivity index (χ0v) is 22.6. The topological polar surface area (TPSA) is 106 Å². The molecule has 2 aliphatic heterocycles. The lowest BCUT2D eigenvalue weighted by atomic mass is 9.73. The summed E-state index contributed by atoms with van der Waals surface area (Å²) in [5.74, 6) is -1.06. The predicted octanol–water partition coefficient (Wildman–Crippen LogP) is 4.25. The highest BCUT2D eigenvalue weighted by atomic mass is 32.1. The molecular formula is C27H39NO6S. The molecule has 8 heteroatoms. The molecule has 1 saturated heterocycles. The van der Waals surface area contributed by atoms with Crippen LogP contribution in [-0.4, -0.2) is 57.5 Å². The van der Waals surface area contributed by atoms with Crippen molar-refractivity contribution in [1.82, 2.24) is 4.98 Å². The number of hydrogen-bond acceptors (Lipinski definition) is 8. The van der Waals surface area contributed by atoms with Crippen LogP contribution in [0.3, 0.4) is 0 Å². The van der Waals surface area contributed by atoms with Crippen molar-refractivity contribution >= 4 is 29.2 Å². The Morgan fingerprint density at radius 3 is 2.51 bits per heavy atom.